The molecule has 0 unspecified atom stereocenters. The number of aromatic nitrogens is 2. The van der Waals surface area contributed by atoms with Crippen LogP contribution in [-0.4, -0.2) is 23.8 Å². The van der Waals surface area contributed by atoms with E-state index in [9.17, 15) is 14.0 Å². The van der Waals surface area contributed by atoms with E-state index >= 15 is 0 Å². The number of H-pyrrole nitrogens is 1. The molecule has 0 radical (unpaired) electrons. The van der Waals surface area contributed by atoms with Crippen molar-refractivity contribution in [2.24, 2.45) is 0 Å². The molecule has 0 bridgehead atoms. The molecule has 2 aromatic carbocycles. The fraction of sp³-hybridized carbons (Fsp3) is 0.125. The average Bonchev–Trinajstić information content (AvgIpc) is 2.55. The topological polar surface area (TPSA) is 73.3 Å². The second-order valence-electron chi connectivity index (χ2n) is 4.77. The Morgan fingerprint density at radius 2 is 1.70 bits per heavy atom. The van der Waals surface area contributed by atoms with Crippen LogP contribution in [0.4, 0.5) is 4.39 Å². The zero-order valence-corrected chi connectivity index (χ0v) is 12.4. The summed E-state index contributed by atoms with van der Waals surface area (Å²) in [5.74, 6) is 0.0443. The van der Waals surface area contributed by atoms with Gasteiger partial charge in [-0.2, -0.15) is 0 Å². The molecule has 0 spiro atoms. The Hall–Kier alpha value is -3.09. The highest BCUT2D eigenvalue weighted by Gasteiger charge is 2.15. The van der Waals surface area contributed by atoms with Crippen LogP contribution in [-0.2, 0) is 0 Å². The largest absolute Gasteiger partial charge is 0.493 e. The van der Waals surface area contributed by atoms with Gasteiger partial charge in [0.05, 0.1) is 30.8 Å². The summed E-state index contributed by atoms with van der Waals surface area (Å²) in [6.45, 7) is 0. The van der Waals surface area contributed by atoms with Gasteiger partial charge in [0.1, 0.15) is 5.82 Å². The van der Waals surface area contributed by atoms with Crippen molar-refractivity contribution in [1.82, 2.24) is 9.55 Å². The van der Waals surface area contributed by atoms with E-state index in [1.54, 1.807) is 6.07 Å². The van der Waals surface area contributed by atoms with Gasteiger partial charge in [0.15, 0.2) is 11.5 Å². The molecule has 23 heavy (non-hydrogen) atoms. The van der Waals surface area contributed by atoms with Gasteiger partial charge in [-0.1, -0.05) is 12.1 Å². The normalized spacial score (nSPS) is 10.7. The summed E-state index contributed by atoms with van der Waals surface area (Å²) in [7, 11) is 2.88. The van der Waals surface area contributed by atoms with Crippen LogP contribution in [0, 0.1) is 5.82 Å². The monoisotopic (exact) mass is 316 g/mol. The van der Waals surface area contributed by atoms with Gasteiger partial charge in [0.2, 0.25) is 0 Å². The summed E-state index contributed by atoms with van der Waals surface area (Å²) < 4.78 is 25.0. The number of hydrogen-bond acceptors (Lipinski definition) is 4. The maximum Gasteiger partial charge on any atom is 0.333 e. The van der Waals surface area contributed by atoms with E-state index in [0.29, 0.717) is 11.5 Å². The number of aromatic amines is 1. The summed E-state index contributed by atoms with van der Waals surface area (Å²) >= 11 is 0. The number of nitrogens with one attached hydrogen (secondary N) is 1. The molecule has 0 fully saturated rings. The van der Waals surface area contributed by atoms with Crippen molar-refractivity contribution >= 4 is 10.9 Å². The summed E-state index contributed by atoms with van der Waals surface area (Å²) in [5, 5.41) is 0.186. The van der Waals surface area contributed by atoms with Crippen LogP contribution >= 0.6 is 0 Å². The molecule has 1 N–H and O–H groups in total. The predicted molar refractivity (Wildman–Crippen MR) is 83.2 cm³/mol. The quantitative estimate of drug-likeness (QED) is 0.800. The zero-order valence-electron chi connectivity index (χ0n) is 12.4. The molecule has 0 saturated carbocycles. The first kappa shape index (κ1) is 14.8. The first-order valence-corrected chi connectivity index (χ1v) is 6.72. The molecule has 0 atom stereocenters. The van der Waals surface area contributed by atoms with Crippen LogP contribution in [0.5, 0.6) is 11.5 Å². The van der Waals surface area contributed by atoms with Crippen molar-refractivity contribution < 1.29 is 13.9 Å². The van der Waals surface area contributed by atoms with E-state index in [1.165, 1.54) is 44.6 Å². The van der Waals surface area contributed by atoms with Crippen LogP contribution in [0.25, 0.3) is 16.6 Å². The Balaban J connectivity index is 2.41. The predicted octanol–water partition coefficient (Wildman–Crippen LogP) is 1.84. The van der Waals surface area contributed by atoms with Crippen LogP contribution in [0.15, 0.2) is 46.0 Å². The molecule has 0 aliphatic heterocycles. The third kappa shape index (κ3) is 2.36. The van der Waals surface area contributed by atoms with Gasteiger partial charge < -0.3 is 14.5 Å². The van der Waals surface area contributed by atoms with Crippen molar-refractivity contribution in [3.8, 4) is 17.2 Å². The van der Waals surface area contributed by atoms with E-state index in [1.807, 2.05) is 0 Å². The Bertz CT molecular complexity index is 1010. The molecular formula is C16H13FN2O4. The SMILES string of the molecule is COc1cc2[nH]c(=O)n(-c3ccccc3F)c(=O)c2cc1OC. The summed E-state index contributed by atoms with van der Waals surface area (Å²) in [5.41, 5.74) is -1.21. The lowest BCUT2D eigenvalue weighted by molar-refractivity contribution is 0.355. The number of methoxy groups -OCH3 is 2. The molecule has 0 aliphatic rings. The molecule has 0 saturated heterocycles. The van der Waals surface area contributed by atoms with Gasteiger partial charge in [-0.25, -0.2) is 13.8 Å². The van der Waals surface area contributed by atoms with E-state index in [4.69, 9.17) is 9.47 Å². The lowest BCUT2D eigenvalue weighted by Crippen LogP contribution is -2.34. The van der Waals surface area contributed by atoms with Gasteiger partial charge >= 0.3 is 5.69 Å². The van der Waals surface area contributed by atoms with Crippen LogP contribution in [0.2, 0.25) is 0 Å². The molecule has 0 amide bonds. The second kappa shape index (κ2) is 5.60. The second-order valence-corrected chi connectivity index (χ2v) is 4.77. The first-order chi connectivity index (χ1) is 11.1. The Kier molecular flexibility index (Phi) is 3.61. The summed E-state index contributed by atoms with van der Waals surface area (Å²) in [4.78, 5) is 27.4. The maximum atomic E-state index is 13.9. The lowest BCUT2D eigenvalue weighted by Gasteiger charge is -2.11. The summed E-state index contributed by atoms with van der Waals surface area (Å²) in [6.07, 6.45) is 0. The highest BCUT2D eigenvalue weighted by molar-refractivity contribution is 5.82. The number of nitrogens with zero attached hydrogens (tertiary/aromatic N) is 1. The molecule has 1 heterocycles. The summed E-state index contributed by atoms with van der Waals surface area (Å²) in [6, 6.07) is 8.50. The van der Waals surface area contributed by atoms with E-state index < -0.39 is 17.1 Å². The van der Waals surface area contributed by atoms with E-state index in [0.717, 1.165) is 4.57 Å². The van der Waals surface area contributed by atoms with Gasteiger partial charge in [0, 0.05) is 6.07 Å². The minimum atomic E-state index is -0.736. The molecule has 3 rings (SSSR count). The van der Waals surface area contributed by atoms with Crippen molar-refractivity contribution in [2.75, 3.05) is 14.2 Å². The zero-order chi connectivity index (χ0) is 16.6. The molecule has 118 valence electrons. The average molecular weight is 316 g/mol. The number of para-hydroxylation sites is 1. The number of hydrogen-bond donors (Lipinski definition) is 1. The molecule has 1 aromatic heterocycles. The third-order valence-corrected chi connectivity index (χ3v) is 3.50. The highest BCUT2D eigenvalue weighted by Crippen LogP contribution is 2.29. The van der Waals surface area contributed by atoms with Gasteiger partial charge in [-0.3, -0.25) is 4.79 Å². The van der Waals surface area contributed by atoms with Crippen LogP contribution < -0.4 is 20.7 Å². The third-order valence-electron chi connectivity index (χ3n) is 3.50. The minimum Gasteiger partial charge on any atom is -0.493 e. The van der Waals surface area contributed by atoms with Gasteiger partial charge in [0.25, 0.3) is 5.56 Å². The van der Waals surface area contributed by atoms with Gasteiger partial charge in [-0.05, 0) is 18.2 Å². The fourth-order valence-corrected chi connectivity index (χ4v) is 2.40. The van der Waals surface area contributed by atoms with E-state index in [-0.39, 0.29) is 16.6 Å². The number of benzene rings is 2. The number of fused-ring (bicyclic) bond motifs is 1. The van der Waals surface area contributed by atoms with E-state index in [2.05, 4.69) is 4.98 Å². The maximum absolute atomic E-state index is 13.9. The molecular weight excluding hydrogens is 303 g/mol. The van der Waals surface area contributed by atoms with Crippen molar-refractivity contribution in [3.05, 3.63) is 63.1 Å². The Morgan fingerprint density at radius 3 is 2.35 bits per heavy atom. The highest BCUT2D eigenvalue weighted by atomic mass is 19.1. The van der Waals surface area contributed by atoms with Crippen molar-refractivity contribution in [2.45, 2.75) is 0 Å². The molecule has 7 heteroatoms. The Morgan fingerprint density at radius 1 is 1.04 bits per heavy atom. The lowest BCUT2D eigenvalue weighted by atomic mass is 10.2. The number of rotatable bonds is 3. The fourth-order valence-electron chi connectivity index (χ4n) is 2.40. The Labute approximate surface area is 129 Å². The molecule has 3 aromatic rings. The first-order valence-electron chi connectivity index (χ1n) is 6.72. The number of ether oxygens (including phenoxy) is 2. The van der Waals surface area contributed by atoms with Gasteiger partial charge in [-0.15, -0.1) is 0 Å². The minimum absolute atomic E-state index is 0.115. The van der Waals surface area contributed by atoms with Crippen LogP contribution in [0.3, 0.4) is 0 Å². The smallest absolute Gasteiger partial charge is 0.333 e. The number of halogens is 1. The molecule has 0 aliphatic carbocycles. The van der Waals surface area contributed by atoms with Crippen molar-refractivity contribution in [3.63, 3.8) is 0 Å². The standard InChI is InChI=1S/C16H13FN2O4/c1-22-13-7-9-11(8-14(13)23-2)18-16(21)19(15(9)20)12-6-4-3-5-10(12)17/h3-8H,1-2H3,(H,18,21). The van der Waals surface area contributed by atoms with Crippen LogP contribution in [0.1, 0.15) is 0 Å². The van der Waals surface area contributed by atoms with Crippen molar-refractivity contribution in [1.29, 1.82) is 0 Å². The molecule has 6 nitrogen and oxygen atoms in total.